The molecule has 1 aromatic carbocycles. The molecule has 0 unspecified atom stereocenters. The van der Waals surface area contributed by atoms with Crippen molar-refractivity contribution in [3.05, 3.63) is 29.6 Å². The van der Waals surface area contributed by atoms with Crippen LogP contribution in [0.25, 0.3) is 0 Å². The third-order valence-corrected chi connectivity index (χ3v) is 1.97. The second kappa shape index (κ2) is 3.53. The van der Waals surface area contributed by atoms with E-state index in [2.05, 4.69) is 0 Å². The Kier molecular flexibility index (Phi) is 2.65. The molecule has 0 saturated heterocycles. The Bertz CT molecular complexity index is 273. The van der Waals surface area contributed by atoms with Crippen LogP contribution in [0.2, 0.25) is 0 Å². The zero-order valence-corrected chi connectivity index (χ0v) is 6.82. The minimum Gasteiger partial charge on any atom is -0.298 e. The van der Waals surface area contributed by atoms with Crippen molar-refractivity contribution in [2.24, 2.45) is 0 Å². The van der Waals surface area contributed by atoms with Crippen molar-refractivity contribution in [3.63, 3.8) is 0 Å². The van der Waals surface area contributed by atoms with Gasteiger partial charge in [0.15, 0.2) is 0 Å². The summed E-state index contributed by atoms with van der Waals surface area (Å²) in [5, 5.41) is 0. The zero-order chi connectivity index (χ0) is 8.27. The Morgan fingerprint density at radius 3 is 2.73 bits per heavy atom. The van der Waals surface area contributed by atoms with Crippen LogP contribution in [0.3, 0.4) is 0 Å². The van der Waals surface area contributed by atoms with Gasteiger partial charge in [-0.25, -0.2) is 4.39 Å². The molecule has 0 spiro atoms. The molecule has 0 heterocycles. The number of aldehydes is 1. The number of hydrogen-bond donors (Lipinski definition) is 0. The van der Waals surface area contributed by atoms with Gasteiger partial charge in [-0.1, -0.05) is 0 Å². The molecule has 0 amide bonds. The van der Waals surface area contributed by atoms with Crippen LogP contribution in [0, 0.1) is 5.82 Å². The van der Waals surface area contributed by atoms with E-state index in [1.54, 1.807) is 6.07 Å². The zero-order valence-electron chi connectivity index (χ0n) is 6.00. The fraction of sp³-hybridized carbons (Fsp3) is 0.125. The molecule has 0 aliphatic carbocycles. The van der Waals surface area contributed by atoms with Crippen molar-refractivity contribution in [2.45, 2.75) is 4.90 Å². The van der Waals surface area contributed by atoms with E-state index in [0.29, 0.717) is 11.8 Å². The van der Waals surface area contributed by atoms with Crippen molar-refractivity contribution in [1.29, 1.82) is 0 Å². The van der Waals surface area contributed by atoms with Crippen molar-refractivity contribution in [2.75, 3.05) is 6.26 Å². The molecule has 1 rings (SSSR count). The maximum Gasteiger partial charge on any atom is 0.150 e. The lowest BCUT2D eigenvalue weighted by Gasteiger charge is -1.96. The van der Waals surface area contributed by atoms with Crippen LogP contribution in [0.4, 0.5) is 4.39 Å². The highest BCUT2D eigenvalue weighted by atomic mass is 32.2. The van der Waals surface area contributed by atoms with Crippen molar-refractivity contribution in [3.8, 4) is 0 Å². The third kappa shape index (κ3) is 2.05. The molecule has 0 atom stereocenters. The predicted molar refractivity (Wildman–Crippen MR) is 43.6 cm³/mol. The third-order valence-electron chi connectivity index (χ3n) is 1.27. The minimum absolute atomic E-state index is 0.362. The van der Waals surface area contributed by atoms with Gasteiger partial charge in [-0.3, -0.25) is 4.79 Å². The van der Waals surface area contributed by atoms with Crippen LogP contribution in [-0.2, 0) is 0 Å². The van der Waals surface area contributed by atoms with Crippen LogP contribution in [0.1, 0.15) is 10.4 Å². The molecule has 11 heavy (non-hydrogen) atoms. The minimum atomic E-state index is -0.362. The van der Waals surface area contributed by atoms with Gasteiger partial charge in [0.25, 0.3) is 0 Å². The summed E-state index contributed by atoms with van der Waals surface area (Å²) < 4.78 is 12.6. The van der Waals surface area contributed by atoms with E-state index in [1.165, 1.54) is 23.9 Å². The summed E-state index contributed by atoms with van der Waals surface area (Å²) >= 11 is 1.41. The van der Waals surface area contributed by atoms with Gasteiger partial charge in [-0.05, 0) is 24.5 Å². The van der Waals surface area contributed by atoms with E-state index < -0.39 is 0 Å². The first-order valence-corrected chi connectivity index (χ1v) is 4.28. The highest BCUT2D eigenvalue weighted by molar-refractivity contribution is 7.98. The average Bonchev–Trinajstić information content (AvgIpc) is 2.03. The van der Waals surface area contributed by atoms with Gasteiger partial charge in [0.1, 0.15) is 12.1 Å². The molecule has 0 aliphatic heterocycles. The molecule has 0 fully saturated rings. The maximum absolute atomic E-state index is 12.6. The lowest BCUT2D eigenvalue weighted by molar-refractivity contribution is 0.112. The normalized spacial score (nSPS) is 9.64. The molecular weight excluding hydrogens is 163 g/mol. The number of rotatable bonds is 2. The molecule has 0 bridgehead atoms. The largest absolute Gasteiger partial charge is 0.298 e. The number of carbonyl (C=O) groups excluding carboxylic acids is 1. The van der Waals surface area contributed by atoms with E-state index >= 15 is 0 Å². The topological polar surface area (TPSA) is 17.1 Å². The Hall–Kier alpha value is -0.830. The lowest BCUT2D eigenvalue weighted by Crippen LogP contribution is -1.83. The number of hydrogen-bond acceptors (Lipinski definition) is 2. The molecule has 0 aromatic heterocycles. The fourth-order valence-corrected chi connectivity index (χ4v) is 1.25. The first-order valence-electron chi connectivity index (χ1n) is 3.06. The van der Waals surface area contributed by atoms with Crippen molar-refractivity contribution >= 4 is 18.0 Å². The van der Waals surface area contributed by atoms with Gasteiger partial charge in [0, 0.05) is 10.5 Å². The van der Waals surface area contributed by atoms with Crippen LogP contribution >= 0.6 is 11.8 Å². The summed E-state index contributed by atoms with van der Waals surface area (Å²) in [6.45, 7) is 0. The molecule has 1 aromatic rings. The van der Waals surface area contributed by atoms with Crippen LogP contribution in [0.5, 0.6) is 0 Å². The van der Waals surface area contributed by atoms with E-state index in [-0.39, 0.29) is 5.82 Å². The Labute approximate surface area is 68.6 Å². The van der Waals surface area contributed by atoms with Gasteiger partial charge < -0.3 is 0 Å². The Morgan fingerprint density at radius 1 is 1.45 bits per heavy atom. The first kappa shape index (κ1) is 8.27. The summed E-state index contributed by atoms with van der Waals surface area (Å²) in [5.74, 6) is -0.362. The van der Waals surface area contributed by atoms with E-state index in [4.69, 9.17) is 0 Å². The first-order chi connectivity index (χ1) is 5.26. The Morgan fingerprint density at radius 2 is 2.18 bits per heavy atom. The van der Waals surface area contributed by atoms with Gasteiger partial charge in [0.2, 0.25) is 0 Å². The molecule has 1 nitrogen and oxygen atoms in total. The Balaban J connectivity index is 3.11. The SMILES string of the molecule is CSc1cc(F)cc(C=O)c1. The van der Waals surface area contributed by atoms with Crippen LogP contribution < -0.4 is 0 Å². The van der Waals surface area contributed by atoms with E-state index in [0.717, 1.165) is 4.90 Å². The highest BCUT2D eigenvalue weighted by Gasteiger charge is 1.97. The average molecular weight is 170 g/mol. The second-order valence-electron chi connectivity index (χ2n) is 2.04. The second-order valence-corrected chi connectivity index (χ2v) is 2.92. The molecular formula is C8H7FOS. The van der Waals surface area contributed by atoms with E-state index in [9.17, 15) is 9.18 Å². The summed E-state index contributed by atoms with van der Waals surface area (Å²) in [6.07, 6.45) is 2.48. The molecule has 3 heteroatoms. The summed E-state index contributed by atoms with van der Waals surface area (Å²) in [4.78, 5) is 11.0. The highest BCUT2D eigenvalue weighted by Crippen LogP contribution is 2.17. The van der Waals surface area contributed by atoms with Crippen molar-refractivity contribution < 1.29 is 9.18 Å². The standard InChI is InChI=1S/C8H7FOS/c1-11-8-3-6(5-10)2-7(9)4-8/h2-5H,1H3. The van der Waals surface area contributed by atoms with Gasteiger partial charge in [-0.15, -0.1) is 11.8 Å². The molecule has 58 valence electrons. The monoisotopic (exact) mass is 170 g/mol. The molecule has 0 N–H and O–H groups in total. The smallest absolute Gasteiger partial charge is 0.150 e. The number of carbonyl (C=O) groups is 1. The number of benzene rings is 1. The quantitative estimate of drug-likeness (QED) is 0.500. The molecule has 0 aliphatic rings. The number of thioether (sulfide) groups is 1. The van der Waals surface area contributed by atoms with Gasteiger partial charge >= 0.3 is 0 Å². The summed E-state index contributed by atoms with van der Waals surface area (Å²) in [6, 6.07) is 4.27. The van der Waals surface area contributed by atoms with Gasteiger partial charge in [0.05, 0.1) is 0 Å². The van der Waals surface area contributed by atoms with Crippen LogP contribution in [-0.4, -0.2) is 12.5 Å². The van der Waals surface area contributed by atoms with Gasteiger partial charge in [-0.2, -0.15) is 0 Å². The van der Waals surface area contributed by atoms with Crippen LogP contribution in [0.15, 0.2) is 23.1 Å². The molecule has 0 saturated carbocycles. The summed E-state index contributed by atoms with van der Waals surface area (Å²) in [5.41, 5.74) is 0.384. The van der Waals surface area contributed by atoms with Crippen molar-refractivity contribution in [1.82, 2.24) is 0 Å². The van der Waals surface area contributed by atoms with E-state index in [1.807, 2.05) is 6.26 Å². The predicted octanol–water partition coefficient (Wildman–Crippen LogP) is 2.36. The fourth-order valence-electron chi connectivity index (χ4n) is 0.770. The molecule has 0 radical (unpaired) electrons. The lowest BCUT2D eigenvalue weighted by atomic mass is 10.2. The number of halogens is 1. The maximum atomic E-state index is 12.6. The summed E-state index contributed by atoms with van der Waals surface area (Å²) in [7, 11) is 0.